The number of nitrogens with zero attached hydrogens (tertiary/aromatic N) is 1. The molecule has 5 nitrogen and oxygen atoms in total. The predicted octanol–water partition coefficient (Wildman–Crippen LogP) is 3.16. The summed E-state index contributed by atoms with van der Waals surface area (Å²) in [7, 11) is 0. The Bertz CT molecular complexity index is 518. The second-order valence-electron chi connectivity index (χ2n) is 7.12. The summed E-state index contributed by atoms with van der Waals surface area (Å²) in [6.07, 6.45) is 8.99. The van der Waals surface area contributed by atoms with E-state index in [0.717, 1.165) is 32.0 Å². The number of amides is 1. The summed E-state index contributed by atoms with van der Waals surface area (Å²) < 4.78 is 5.38. The fourth-order valence-corrected chi connectivity index (χ4v) is 3.68. The quantitative estimate of drug-likeness (QED) is 0.861. The van der Waals surface area contributed by atoms with E-state index in [9.17, 15) is 4.79 Å². The molecule has 0 unspecified atom stereocenters. The molecule has 1 heterocycles. The topological polar surface area (TPSA) is 53.6 Å². The van der Waals surface area contributed by atoms with Gasteiger partial charge in [-0.05, 0) is 37.1 Å². The van der Waals surface area contributed by atoms with Gasteiger partial charge in [-0.1, -0.05) is 32.1 Å². The smallest absolute Gasteiger partial charge is 0.238 e. The van der Waals surface area contributed by atoms with E-state index >= 15 is 0 Å². The lowest BCUT2D eigenvalue weighted by Gasteiger charge is -2.28. The Morgan fingerprint density at radius 1 is 1.00 bits per heavy atom. The molecule has 0 aromatic heterocycles. The normalized spacial score (nSPS) is 19.9. The molecule has 3 rings (SSSR count). The van der Waals surface area contributed by atoms with Gasteiger partial charge in [0, 0.05) is 30.5 Å². The highest BCUT2D eigenvalue weighted by Crippen LogP contribution is 2.19. The summed E-state index contributed by atoms with van der Waals surface area (Å²) in [5.74, 6) is 0.0428. The van der Waals surface area contributed by atoms with Crippen LogP contribution in [0.15, 0.2) is 24.3 Å². The van der Waals surface area contributed by atoms with E-state index in [0.29, 0.717) is 12.6 Å². The van der Waals surface area contributed by atoms with Crippen LogP contribution >= 0.6 is 0 Å². The molecule has 2 aliphatic rings. The van der Waals surface area contributed by atoms with Gasteiger partial charge in [-0.3, -0.25) is 4.79 Å². The number of anilines is 2. The van der Waals surface area contributed by atoms with Crippen LogP contribution in [0.25, 0.3) is 0 Å². The lowest BCUT2D eigenvalue weighted by molar-refractivity contribution is -0.115. The Morgan fingerprint density at radius 2 is 1.64 bits per heavy atom. The highest BCUT2D eigenvalue weighted by atomic mass is 16.5. The van der Waals surface area contributed by atoms with Crippen molar-refractivity contribution in [3.63, 3.8) is 0 Å². The van der Waals surface area contributed by atoms with E-state index < -0.39 is 0 Å². The van der Waals surface area contributed by atoms with Gasteiger partial charge in [0.1, 0.15) is 0 Å². The maximum absolute atomic E-state index is 12.2. The van der Waals surface area contributed by atoms with Gasteiger partial charge in [0.2, 0.25) is 5.91 Å². The monoisotopic (exact) mass is 345 g/mol. The molecule has 1 aromatic rings. The molecule has 2 fully saturated rings. The van der Waals surface area contributed by atoms with Crippen molar-refractivity contribution in [1.29, 1.82) is 0 Å². The lowest BCUT2D eigenvalue weighted by Crippen LogP contribution is -2.36. The molecular weight excluding hydrogens is 314 g/mol. The van der Waals surface area contributed by atoms with Gasteiger partial charge >= 0.3 is 0 Å². The number of morpholine rings is 1. The van der Waals surface area contributed by atoms with E-state index in [4.69, 9.17) is 4.74 Å². The molecular formula is C20H31N3O2. The highest BCUT2D eigenvalue weighted by Gasteiger charge is 2.13. The van der Waals surface area contributed by atoms with Crippen LogP contribution < -0.4 is 15.5 Å². The third-order valence-corrected chi connectivity index (χ3v) is 5.18. The van der Waals surface area contributed by atoms with Crippen LogP contribution in [0.3, 0.4) is 0 Å². The molecule has 0 bridgehead atoms. The Labute approximate surface area is 151 Å². The van der Waals surface area contributed by atoms with E-state index in [1.165, 1.54) is 50.6 Å². The molecule has 0 spiro atoms. The molecule has 1 saturated heterocycles. The van der Waals surface area contributed by atoms with Crippen molar-refractivity contribution in [2.45, 2.75) is 51.0 Å². The van der Waals surface area contributed by atoms with Crippen LogP contribution in [0.5, 0.6) is 0 Å². The van der Waals surface area contributed by atoms with Gasteiger partial charge < -0.3 is 20.3 Å². The molecule has 1 amide bonds. The van der Waals surface area contributed by atoms with Gasteiger partial charge in [0.05, 0.1) is 19.8 Å². The second kappa shape index (κ2) is 9.78. The summed E-state index contributed by atoms with van der Waals surface area (Å²) in [6.45, 7) is 3.82. The standard InChI is InChI=1S/C20H31N3O2/c24-20(16-21-17-6-4-2-1-3-5-7-17)22-18-8-10-19(11-9-18)23-12-14-25-15-13-23/h8-11,17,21H,1-7,12-16H2,(H,22,24). The first-order valence-corrected chi connectivity index (χ1v) is 9.77. The summed E-state index contributed by atoms with van der Waals surface area (Å²) in [5, 5.41) is 6.43. The lowest BCUT2D eigenvalue weighted by atomic mass is 9.97. The summed E-state index contributed by atoms with van der Waals surface area (Å²) in [6, 6.07) is 8.61. The zero-order chi connectivity index (χ0) is 17.3. The van der Waals surface area contributed by atoms with Crippen LogP contribution in [0.2, 0.25) is 0 Å². The Morgan fingerprint density at radius 3 is 2.32 bits per heavy atom. The van der Waals surface area contributed by atoms with E-state index in [2.05, 4.69) is 27.7 Å². The number of carbonyl (C=O) groups excluding carboxylic acids is 1. The van der Waals surface area contributed by atoms with Crippen LogP contribution in [0, 0.1) is 0 Å². The molecule has 1 aliphatic heterocycles. The number of nitrogens with one attached hydrogen (secondary N) is 2. The van der Waals surface area contributed by atoms with Crippen molar-refractivity contribution in [2.75, 3.05) is 43.1 Å². The first-order valence-electron chi connectivity index (χ1n) is 9.77. The van der Waals surface area contributed by atoms with Crippen molar-refractivity contribution >= 4 is 17.3 Å². The number of rotatable bonds is 5. The van der Waals surface area contributed by atoms with Gasteiger partial charge in [0.15, 0.2) is 0 Å². The zero-order valence-electron chi connectivity index (χ0n) is 15.1. The summed E-state index contributed by atoms with van der Waals surface area (Å²) >= 11 is 0. The highest BCUT2D eigenvalue weighted by molar-refractivity contribution is 5.92. The van der Waals surface area contributed by atoms with E-state index in [-0.39, 0.29) is 5.91 Å². The van der Waals surface area contributed by atoms with Crippen LogP contribution in [-0.2, 0) is 9.53 Å². The second-order valence-corrected chi connectivity index (χ2v) is 7.12. The van der Waals surface area contributed by atoms with Crippen molar-refractivity contribution in [1.82, 2.24) is 5.32 Å². The number of carbonyl (C=O) groups is 1. The van der Waals surface area contributed by atoms with E-state index in [1.807, 2.05) is 12.1 Å². The fraction of sp³-hybridized carbons (Fsp3) is 0.650. The first kappa shape index (κ1) is 18.2. The molecule has 1 aliphatic carbocycles. The van der Waals surface area contributed by atoms with Crippen molar-refractivity contribution in [2.24, 2.45) is 0 Å². The molecule has 2 N–H and O–H groups in total. The molecule has 1 saturated carbocycles. The number of ether oxygens (including phenoxy) is 1. The Hall–Kier alpha value is -1.59. The average Bonchev–Trinajstić information content (AvgIpc) is 2.62. The molecule has 0 atom stereocenters. The fourth-order valence-electron chi connectivity index (χ4n) is 3.68. The SMILES string of the molecule is O=C(CNC1CCCCCCC1)Nc1ccc(N2CCOCC2)cc1. The van der Waals surface area contributed by atoms with Crippen LogP contribution in [0.1, 0.15) is 44.9 Å². The minimum absolute atomic E-state index is 0.0428. The minimum Gasteiger partial charge on any atom is -0.378 e. The van der Waals surface area contributed by atoms with Crippen LogP contribution in [0.4, 0.5) is 11.4 Å². The van der Waals surface area contributed by atoms with Gasteiger partial charge in [-0.15, -0.1) is 0 Å². The minimum atomic E-state index is 0.0428. The summed E-state index contributed by atoms with van der Waals surface area (Å²) in [4.78, 5) is 14.5. The van der Waals surface area contributed by atoms with Crippen molar-refractivity contribution < 1.29 is 9.53 Å². The van der Waals surface area contributed by atoms with Crippen molar-refractivity contribution in [3.8, 4) is 0 Å². The Balaban J connectivity index is 1.42. The molecule has 1 aromatic carbocycles. The molecule has 138 valence electrons. The van der Waals surface area contributed by atoms with Gasteiger partial charge in [0.25, 0.3) is 0 Å². The van der Waals surface area contributed by atoms with E-state index in [1.54, 1.807) is 0 Å². The largest absolute Gasteiger partial charge is 0.378 e. The zero-order valence-corrected chi connectivity index (χ0v) is 15.1. The third kappa shape index (κ3) is 6.01. The Kier molecular flexibility index (Phi) is 7.12. The number of hydrogen-bond donors (Lipinski definition) is 2. The average molecular weight is 345 g/mol. The maximum Gasteiger partial charge on any atom is 0.238 e. The molecule has 0 radical (unpaired) electrons. The maximum atomic E-state index is 12.2. The molecule has 25 heavy (non-hydrogen) atoms. The third-order valence-electron chi connectivity index (χ3n) is 5.18. The predicted molar refractivity (Wildman–Crippen MR) is 102 cm³/mol. The van der Waals surface area contributed by atoms with Gasteiger partial charge in [-0.2, -0.15) is 0 Å². The first-order chi connectivity index (χ1) is 12.3. The number of hydrogen-bond acceptors (Lipinski definition) is 4. The van der Waals surface area contributed by atoms with Crippen molar-refractivity contribution in [3.05, 3.63) is 24.3 Å². The van der Waals surface area contributed by atoms with Crippen LogP contribution in [-0.4, -0.2) is 44.8 Å². The van der Waals surface area contributed by atoms with Gasteiger partial charge in [-0.25, -0.2) is 0 Å². The molecule has 5 heteroatoms. The number of benzene rings is 1. The summed E-state index contributed by atoms with van der Waals surface area (Å²) in [5.41, 5.74) is 2.05.